The van der Waals surface area contributed by atoms with E-state index < -0.39 is 0 Å². The molecule has 3 saturated carbocycles. The normalized spacial score (nSPS) is 39.5. The van der Waals surface area contributed by atoms with Crippen molar-refractivity contribution in [1.82, 2.24) is 10.2 Å². The third kappa shape index (κ3) is 4.79. The Balaban J connectivity index is 1.52. The summed E-state index contributed by atoms with van der Waals surface area (Å²) in [6.07, 6.45) is 9.24. The standard InChI is InChI=1S/C30H48N2O4/c1-7-32(8-2)16-15-31-28(35)24-18-26-23-10-9-21-17-22(36-20(4)34)11-13-29(21,5)25(23)12-14-30(26,6)27(24)19(3)33/h9,22-27H,7-8,10-18H2,1-6H3,(H,31,35)/t22-,23+,24-,25-,26-,27+,29-,30-/m0/s1. The monoisotopic (exact) mass is 500 g/mol. The molecule has 8 atom stereocenters. The molecule has 0 aromatic rings. The van der Waals surface area contributed by atoms with E-state index in [2.05, 4.69) is 44.0 Å². The summed E-state index contributed by atoms with van der Waals surface area (Å²) < 4.78 is 5.58. The zero-order valence-corrected chi connectivity index (χ0v) is 23.4. The molecule has 0 unspecified atom stereocenters. The predicted molar refractivity (Wildman–Crippen MR) is 141 cm³/mol. The van der Waals surface area contributed by atoms with Gasteiger partial charge in [-0.1, -0.05) is 39.3 Å². The number of esters is 1. The quantitative estimate of drug-likeness (QED) is 0.384. The van der Waals surface area contributed by atoms with Crippen molar-refractivity contribution in [3.63, 3.8) is 0 Å². The highest BCUT2D eigenvalue weighted by molar-refractivity contribution is 5.89. The zero-order chi connectivity index (χ0) is 26.3. The van der Waals surface area contributed by atoms with Crippen molar-refractivity contribution in [2.75, 3.05) is 26.2 Å². The smallest absolute Gasteiger partial charge is 0.302 e. The van der Waals surface area contributed by atoms with Gasteiger partial charge in [0.15, 0.2) is 0 Å². The highest BCUT2D eigenvalue weighted by Gasteiger charge is 2.63. The van der Waals surface area contributed by atoms with Crippen LogP contribution in [0.2, 0.25) is 0 Å². The number of fused-ring (bicyclic) bond motifs is 5. The molecule has 4 rings (SSSR count). The fraction of sp³-hybridized carbons (Fsp3) is 0.833. The first kappa shape index (κ1) is 27.3. The second-order valence-electron chi connectivity index (χ2n) is 12.5. The summed E-state index contributed by atoms with van der Waals surface area (Å²) in [5.74, 6) is 1.15. The van der Waals surface area contributed by atoms with Gasteiger partial charge in [0.1, 0.15) is 11.9 Å². The van der Waals surface area contributed by atoms with Crippen LogP contribution < -0.4 is 5.32 Å². The minimum atomic E-state index is -0.217. The maximum absolute atomic E-state index is 13.4. The lowest BCUT2D eigenvalue weighted by Gasteiger charge is -2.58. The Kier molecular flexibility index (Phi) is 8.04. The first-order valence-electron chi connectivity index (χ1n) is 14.4. The lowest BCUT2D eigenvalue weighted by atomic mass is 9.47. The highest BCUT2D eigenvalue weighted by atomic mass is 16.5. The number of likely N-dealkylation sites (N-methyl/N-ethyl adjacent to an activating group) is 1. The molecule has 0 aromatic heterocycles. The number of nitrogens with one attached hydrogen (secondary N) is 1. The Labute approximate surface area is 218 Å². The molecule has 0 heterocycles. The van der Waals surface area contributed by atoms with Crippen LogP contribution in [-0.4, -0.2) is 54.8 Å². The summed E-state index contributed by atoms with van der Waals surface area (Å²) in [6, 6.07) is 0. The summed E-state index contributed by atoms with van der Waals surface area (Å²) in [5.41, 5.74) is 1.50. The van der Waals surface area contributed by atoms with Gasteiger partial charge in [-0.25, -0.2) is 0 Å². The van der Waals surface area contributed by atoms with Gasteiger partial charge >= 0.3 is 5.97 Å². The molecule has 0 bridgehead atoms. The van der Waals surface area contributed by atoms with Crippen LogP contribution in [0.1, 0.15) is 86.5 Å². The van der Waals surface area contributed by atoms with Gasteiger partial charge in [0.05, 0.1) is 0 Å². The van der Waals surface area contributed by atoms with Gasteiger partial charge in [-0.05, 0) is 87.1 Å². The molecule has 0 radical (unpaired) electrons. The summed E-state index contributed by atoms with van der Waals surface area (Å²) >= 11 is 0. The average molecular weight is 501 g/mol. The number of nitrogens with zero attached hydrogens (tertiary/aromatic N) is 1. The molecule has 1 amide bonds. The number of amides is 1. The maximum atomic E-state index is 13.4. The lowest BCUT2D eigenvalue weighted by Crippen LogP contribution is -2.51. The number of rotatable bonds is 8. The first-order valence-corrected chi connectivity index (χ1v) is 14.4. The van der Waals surface area contributed by atoms with Crippen molar-refractivity contribution in [2.24, 2.45) is 40.4 Å². The molecular formula is C30H48N2O4. The second-order valence-corrected chi connectivity index (χ2v) is 12.5. The van der Waals surface area contributed by atoms with Crippen molar-refractivity contribution >= 4 is 17.7 Å². The molecule has 4 aliphatic rings. The predicted octanol–water partition coefficient (Wildman–Crippen LogP) is 4.77. The summed E-state index contributed by atoms with van der Waals surface area (Å²) in [7, 11) is 0. The molecule has 0 aliphatic heterocycles. The molecule has 6 nitrogen and oxygen atoms in total. The van der Waals surface area contributed by atoms with Crippen molar-refractivity contribution in [1.29, 1.82) is 0 Å². The van der Waals surface area contributed by atoms with Crippen molar-refractivity contribution < 1.29 is 19.1 Å². The molecule has 1 N–H and O–H groups in total. The Bertz CT molecular complexity index is 895. The minimum absolute atomic E-state index is 0.00484. The van der Waals surface area contributed by atoms with Crippen molar-refractivity contribution in [3.05, 3.63) is 11.6 Å². The number of hydrogen-bond acceptors (Lipinski definition) is 5. The Morgan fingerprint density at radius 2 is 1.81 bits per heavy atom. The maximum Gasteiger partial charge on any atom is 0.302 e. The summed E-state index contributed by atoms with van der Waals surface area (Å²) in [5, 5.41) is 3.19. The number of allylic oxidation sites excluding steroid dienone is 1. The van der Waals surface area contributed by atoms with Crippen molar-refractivity contribution in [3.8, 4) is 0 Å². The molecule has 4 aliphatic carbocycles. The van der Waals surface area contributed by atoms with Crippen LogP contribution >= 0.6 is 0 Å². The van der Waals surface area contributed by atoms with Gasteiger partial charge in [-0.15, -0.1) is 0 Å². The van der Waals surface area contributed by atoms with Gasteiger partial charge in [0, 0.05) is 38.3 Å². The van der Waals surface area contributed by atoms with Crippen LogP contribution in [0, 0.1) is 40.4 Å². The van der Waals surface area contributed by atoms with E-state index in [1.54, 1.807) is 6.92 Å². The summed E-state index contributed by atoms with van der Waals surface area (Å²) in [6.45, 7) is 15.7. The van der Waals surface area contributed by atoms with E-state index in [4.69, 9.17) is 4.74 Å². The Morgan fingerprint density at radius 1 is 1.08 bits per heavy atom. The average Bonchev–Trinajstić information content (AvgIpc) is 3.15. The number of carbonyl (C=O) groups is 3. The SMILES string of the molecule is CCN(CC)CCNC(=O)[C@H]1C[C@H]2[C@@H]3CC=C4C[C@@H](OC(C)=O)CC[C@]4(C)[C@H]3CC[C@]2(C)[C@@H]1C(C)=O. The molecule has 0 aromatic carbocycles. The van der Waals surface area contributed by atoms with E-state index in [0.29, 0.717) is 24.3 Å². The molecule has 6 heteroatoms. The van der Waals surface area contributed by atoms with E-state index in [1.807, 2.05) is 0 Å². The molecule has 0 spiro atoms. The molecule has 3 fully saturated rings. The van der Waals surface area contributed by atoms with Crippen LogP contribution in [0.4, 0.5) is 0 Å². The fourth-order valence-electron chi connectivity index (χ4n) is 9.02. The number of ketones is 1. The third-order valence-corrected chi connectivity index (χ3v) is 10.8. The van der Waals surface area contributed by atoms with Gasteiger partial charge in [-0.3, -0.25) is 14.4 Å². The van der Waals surface area contributed by atoms with Crippen LogP contribution in [0.5, 0.6) is 0 Å². The number of Topliss-reactive ketones (excluding diaryl/α,β-unsaturated/α-hetero) is 1. The summed E-state index contributed by atoms with van der Waals surface area (Å²) in [4.78, 5) is 40.3. The van der Waals surface area contributed by atoms with E-state index in [0.717, 1.165) is 64.6 Å². The molecule has 202 valence electrons. The van der Waals surface area contributed by atoms with Crippen molar-refractivity contribution in [2.45, 2.75) is 92.6 Å². The molecule has 36 heavy (non-hydrogen) atoms. The second kappa shape index (κ2) is 10.6. The van der Waals surface area contributed by atoms with E-state index >= 15 is 0 Å². The minimum Gasteiger partial charge on any atom is -0.462 e. The van der Waals surface area contributed by atoms with E-state index in [9.17, 15) is 14.4 Å². The molecule has 0 saturated heterocycles. The number of hydrogen-bond donors (Lipinski definition) is 1. The van der Waals surface area contributed by atoms with Gasteiger partial charge < -0.3 is 15.0 Å². The van der Waals surface area contributed by atoms with Gasteiger partial charge in [0.2, 0.25) is 5.91 Å². The number of ether oxygens (including phenoxy) is 1. The highest BCUT2D eigenvalue weighted by Crippen LogP contribution is 2.67. The lowest BCUT2D eigenvalue weighted by molar-refractivity contribution is -0.149. The fourth-order valence-corrected chi connectivity index (χ4v) is 9.02. The largest absolute Gasteiger partial charge is 0.462 e. The van der Waals surface area contributed by atoms with Crippen LogP contribution in [0.3, 0.4) is 0 Å². The van der Waals surface area contributed by atoms with Crippen LogP contribution in [0.15, 0.2) is 11.6 Å². The van der Waals surface area contributed by atoms with E-state index in [-0.39, 0.29) is 46.4 Å². The molecular weight excluding hydrogens is 452 g/mol. The van der Waals surface area contributed by atoms with Crippen LogP contribution in [-0.2, 0) is 19.1 Å². The van der Waals surface area contributed by atoms with Crippen LogP contribution in [0.25, 0.3) is 0 Å². The topological polar surface area (TPSA) is 75.7 Å². The Morgan fingerprint density at radius 3 is 2.44 bits per heavy atom. The Hall–Kier alpha value is -1.69. The third-order valence-electron chi connectivity index (χ3n) is 10.8. The first-order chi connectivity index (χ1) is 17.0. The zero-order valence-electron chi connectivity index (χ0n) is 23.4. The number of carbonyl (C=O) groups excluding carboxylic acids is 3. The van der Waals surface area contributed by atoms with Gasteiger partial charge in [-0.2, -0.15) is 0 Å². The van der Waals surface area contributed by atoms with Gasteiger partial charge in [0.25, 0.3) is 0 Å². The van der Waals surface area contributed by atoms with E-state index in [1.165, 1.54) is 12.5 Å².